The molecule has 0 fully saturated rings. The number of aryl methyl sites for hydroxylation is 1. The van der Waals surface area contributed by atoms with Gasteiger partial charge in [-0.15, -0.1) is 0 Å². The third-order valence-corrected chi connectivity index (χ3v) is 3.91. The number of methoxy groups -OCH3 is 2. The maximum absolute atomic E-state index is 12.7. The van der Waals surface area contributed by atoms with Gasteiger partial charge in [0.25, 0.3) is 0 Å². The van der Waals surface area contributed by atoms with Gasteiger partial charge in [-0.25, -0.2) is 0 Å². The van der Waals surface area contributed by atoms with E-state index in [1.807, 2.05) is 0 Å². The molecule has 134 valence electrons. The van der Waals surface area contributed by atoms with Crippen molar-refractivity contribution in [1.29, 1.82) is 0 Å². The van der Waals surface area contributed by atoms with Gasteiger partial charge in [0.1, 0.15) is 11.5 Å². The number of ketones is 1. The molecule has 0 amide bonds. The average molecular weight is 354 g/mol. The topological polar surface area (TPSA) is 71.1 Å². The van der Waals surface area contributed by atoms with Crippen molar-refractivity contribution in [2.75, 3.05) is 14.2 Å². The van der Waals surface area contributed by atoms with Crippen LogP contribution in [0.25, 0.3) is 6.08 Å². The number of Topliss-reactive ketones (excluding diaryl/α,β-unsaturated/α-hetero) is 1. The van der Waals surface area contributed by atoms with Crippen molar-refractivity contribution in [2.45, 2.75) is 13.8 Å². The first-order valence-electron chi connectivity index (χ1n) is 7.92. The Bertz CT molecular complexity index is 926. The van der Waals surface area contributed by atoms with Crippen LogP contribution in [0.2, 0.25) is 0 Å². The van der Waals surface area contributed by atoms with Crippen molar-refractivity contribution in [2.24, 2.45) is 0 Å². The van der Waals surface area contributed by atoms with Crippen LogP contribution in [-0.4, -0.2) is 26.0 Å². The number of ether oxygens (including phenoxy) is 4. The molecule has 6 heteroatoms. The predicted octanol–water partition coefficient (Wildman–Crippen LogP) is 3.55. The van der Waals surface area contributed by atoms with Gasteiger partial charge < -0.3 is 18.9 Å². The third-order valence-electron chi connectivity index (χ3n) is 3.91. The fourth-order valence-electron chi connectivity index (χ4n) is 2.80. The number of fused-ring (bicyclic) bond motifs is 1. The van der Waals surface area contributed by atoms with E-state index in [1.54, 1.807) is 51.5 Å². The zero-order valence-electron chi connectivity index (χ0n) is 14.9. The minimum Gasteiger partial charge on any atom is -0.493 e. The van der Waals surface area contributed by atoms with Crippen molar-refractivity contribution in [3.63, 3.8) is 0 Å². The van der Waals surface area contributed by atoms with Crippen molar-refractivity contribution in [3.8, 4) is 23.0 Å². The summed E-state index contributed by atoms with van der Waals surface area (Å²) >= 11 is 0. The molecule has 0 radical (unpaired) electrons. The maximum Gasteiger partial charge on any atom is 0.308 e. The van der Waals surface area contributed by atoms with Gasteiger partial charge in [-0.2, -0.15) is 0 Å². The van der Waals surface area contributed by atoms with E-state index in [0.717, 1.165) is 5.56 Å². The summed E-state index contributed by atoms with van der Waals surface area (Å²) in [7, 11) is 3.10. The van der Waals surface area contributed by atoms with Crippen LogP contribution in [0.5, 0.6) is 23.0 Å². The molecule has 3 rings (SSSR count). The number of hydrogen-bond acceptors (Lipinski definition) is 6. The van der Waals surface area contributed by atoms with Crippen LogP contribution >= 0.6 is 0 Å². The lowest BCUT2D eigenvalue weighted by molar-refractivity contribution is -0.131. The lowest BCUT2D eigenvalue weighted by Gasteiger charge is -2.08. The number of rotatable bonds is 4. The van der Waals surface area contributed by atoms with Gasteiger partial charge in [0.15, 0.2) is 17.3 Å². The molecule has 2 aromatic rings. The van der Waals surface area contributed by atoms with Gasteiger partial charge >= 0.3 is 5.97 Å². The Kier molecular flexibility index (Phi) is 4.67. The van der Waals surface area contributed by atoms with Gasteiger partial charge in [-0.05, 0) is 42.3 Å². The molecule has 26 heavy (non-hydrogen) atoms. The molecule has 0 aromatic heterocycles. The Morgan fingerprint density at radius 1 is 1.08 bits per heavy atom. The molecule has 0 aliphatic carbocycles. The Morgan fingerprint density at radius 2 is 1.81 bits per heavy atom. The lowest BCUT2D eigenvalue weighted by atomic mass is 10.0. The SMILES string of the molecule is COc1ccc(C=C2Oc3cc(OC(C)=O)cc(C)c3C2=O)cc1OC. The average Bonchev–Trinajstić information content (AvgIpc) is 2.90. The van der Waals surface area contributed by atoms with Gasteiger partial charge in [0.05, 0.1) is 19.8 Å². The van der Waals surface area contributed by atoms with Crippen LogP contribution in [0.3, 0.4) is 0 Å². The maximum atomic E-state index is 12.7. The normalized spacial score (nSPS) is 14.0. The van der Waals surface area contributed by atoms with E-state index in [2.05, 4.69) is 0 Å². The standard InChI is InChI=1S/C20H18O6/c1-11-7-14(25-12(2)21)10-17-19(11)20(22)18(26-17)9-13-5-6-15(23-3)16(8-13)24-4/h5-10H,1-4H3. The van der Waals surface area contributed by atoms with Crippen LogP contribution < -0.4 is 18.9 Å². The monoisotopic (exact) mass is 354 g/mol. The molecule has 0 atom stereocenters. The second-order valence-corrected chi connectivity index (χ2v) is 5.76. The Balaban J connectivity index is 1.96. The molecule has 0 N–H and O–H groups in total. The highest BCUT2D eigenvalue weighted by Gasteiger charge is 2.30. The predicted molar refractivity (Wildman–Crippen MR) is 95.0 cm³/mol. The molecular weight excluding hydrogens is 336 g/mol. The van der Waals surface area contributed by atoms with Crippen LogP contribution in [0.1, 0.15) is 28.4 Å². The first kappa shape index (κ1) is 17.5. The summed E-state index contributed by atoms with van der Waals surface area (Å²) in [5.41, 5.74) is 1.88. The fourth-order valence-corrected chi connectivity index (χ4v) is 2.80. The zero-order chi connectivity index (χ0) is 18.8. The molecule has 1 aliphatic rings. The smallest absolute Gasteiger partial charge is 0.308 e. The van der Waals surface area contributed by atoms with Crippen LogP contribution in [0.4, 0.5) is 0 Å². The molecular formula is C20H18O6. The van der Waals surface area contributed by atoms with E-state index in [1.165, 1.54) is 13.0 Å². The van der Waals surface area contributed by atoms with E-state index >= 15 is 0 Å². The second kappa shape index (κ2) is 6.92. The first-order chi connectivity index (χ1) is 12.4. The Morgan fingerprint density at radius 3 is 2.46 bits per heavy atom. The van der Waals surface area contributed by atoms with E-state index in [-0.39, 0.29) is 11.5 Å². The van der Waals surface area contributed by atoms with Gasteiger partial charge in [-0.3, -0.25) is 9.59 Å². The summed E-state index contributed by atoms with van der Waals surface area (Å²) in [5.74, 6) is 1.40. The highest BCUT2D eigenvalue weighted by Crippen LogP contribution is 2.38. The third kappa shape index (κ3) is 3.26. The Labute approximate surface area is 150 Å². The number of hydrogen-bond donors (Lipinski definition) is 0. The van der Waals surface area contributed by atoms with Crippen molar-refractivity contribution in [3.05, 3.63) is 52.8 Å². The molecule has 6 nitrogen and oxygen atoms in total. The van der Waals surface area contributed by atoms with Crippen molar-refractivity contribution < 1.29 is 28.5 Å². The molecule has 1 aliphatic heterocycles. The highest BCUT2D eigenvalue weighted by atomic mass is 16.5. The number of carbonyl (C=O) groups excluding carboxylic acids is 2. The zero-order valence-corrected chi connectivity index (χ0v) is 14.9. The first-order valence-corrected chi connectivity index (χ1v) is 7.92. The summed E-state index contributed by atoms with van der Waals surface area (Å²) < 4.78 is 21.3. The van der Waals surface area contributed by atoms with Crippen molar-refractivity contribution >= 4 is 17.8 Å². The largest absolute Gasteiger partial charge is 0.493 e. The molecule has 1 heterocycles. The summed E-state index contributed by atoms with van der Waals surface area (Å²) in [6.07, 6.45) is 1.63. The summed E-state index contributed by atoms with van der Waals surface area (Å²) in [4.78, 5) is 23.8. The van der Waals surface area contributed by atoms with E-state index in [4.69, 9.17) is 18.9 Å². The van der Waals surface area contributed by atoms with Crippen LogP contribution in [-0.2, 0) is 4.79 Å². The van der Waals surface area contributed by atoms with E-state index < -0.39 is 5.97 Å². The van der Waals surface area contributed by atoms with Gasteiger partial charge in [0.2, 0.25) is 5.78 Å². The molecule has 0 spiro atoms. The number of allylic oxidation sites excluding steroid dienone is 1. The molecule has 0 saturated carbocycles. The highest BCUT2D eigenvalue weighted by molar-refractivity contribution is 6.15. The van der Waals surface area contributed by atoms with Crippen LogP contribution in [0.15, 0.2) is 36.1 Å². The van der Waals surface area contributed by atoms with E-state index in [9.17, 15) is 9.59 Å². The molecule has 0 unspecified atom stereocenters. The number of benzene rings is 2. The van der Waals surface area contributed by atoms with Gasteiger partial charge in [-0.1, -0.05) is 6.07 Å². The quantitative estimate of drug-likeness (QED) is 0.475. The minimum absolute atomic E-state index is 0.190. The van der Waals surface area contributed by atoms with E-state index in [0.29, 0.717) is 34.1 Å². The molecule has 0 saturated heterocycles. The summed E-state index contributed by atoms with van der Waals surface area (Å²) in [6, 6.07) is 8.48. The summed E-state index contributed by atoms with van der Waals surface area (Å²) in [5, 5.41) is 0. The summed E-state index contributed by atoms with van der Waals surface area (Å²) in [6.45, 7) is 3.09. The Hall–Kier alpha value is -3.28. The van der Waals surface area contributed by atoms with Gasteiger partial charge in [0, 0.05) is 13.0 Å². The number of esters is 1. The second-order valence-electron chi connectivity index (χ2n) is 5.76. The lowest BCUT2D eigenvalue weighted by Crippen LogP contribution is -2.02. The fraction of sp³-hybridized carbons (Fsp3) is 0.200. The van der Waals surface area contributed by atoms with Crippen LogP contribution in [0, 0.1) is 6.92 Å². The molecule has 0 bridgehead atoms. The molecule has 2 aromatic carbocycles. The minimum atomic E-state index is -0.435. The number of carbonyl (C=O) groups is 2. The van der Waals surface area contributed by atoms with Crippen molar-refractivity contribution in [1.82, 2.24) is 0 Å².